The number of hydrogen-bond acceptors (Lipinski definition) is 7. The van der Waals surface area contributed by atoms with Crippen LogP contribution in [0.2, 0.25) is 5.02 Å². The maximum atomic E-state index is 13.0. The molecule has 1 aromatic heterocycles. The van der Waals surface area contributed by atoms with Gasteiger partial charge in [-0.1, -0.05) is 11.6 Å². The summed E-state index contributed by atoms with van der Waals surface area (Å²) >= 11 is 5.89. The molecule has 10 heteroatoms. The number of fused-ring (bicyclic) bond motifs is 1. The highest BCUT2D eigenvalue weighted by atomic mass is 35.5. The molecule has 0 aliphatic carbocycles. The van der Waals surface area contributed by atoms with E-state index in [-0.39, 0.29) is 18.4 Å². The van der Waals surface area contributed by atoms with Crippen LogP contribution in [0.25, 0.3) is 10.9 Å². The highest BCUT2D eigenvalue weighted by Gasteiger charge is 2.22. The molecule has 4 N–H and O–H groups in total. The van der Waals surface area contributed by atoms with Gasteiger partial charge >= 0.3 is 5.97 Å². The first-order valence-corrected chi connectivity index (χ1v) is 12.8. The van der Waals surface area contributed by atoms with Crippen molar-refractivity contribution in [3.8, 4) is 17.2 Å². The van der Waals surface area contributed by atoms with Crippen molar-refractivity contribution in [1.82, 2.24) is 4.57 Å². The Kier molecular flexibility index (Phi) is 10.2. The predicted octanol–water partition coefficient (Wildman–Crippen LogP) is 5.01. The number of halogens is 1. The second kappa shape index (κ2) is 13.3. The number of nitrogens with two attached hydrogens (primary N) is 1. The van der Waals surface area contributed by atoms with E-state index in [0.717, 1.165) is 0 Å². The van der Waals surface area contributed by atoms with Gasteiger partial charge < -0.3 is 30.2 Å². The lowest BCUT2D eigenvalue weighted by atomic mass is 10.0. The number of rotatable bonds is 8. The lowest BCUT2D eigenvalue weighted by Crippen LogP contribution is -2.24. The van der Waals surface area contributed by atoms with Crippen molar-refractivity contribution >= 4 is 34.4 Å². The average molecular weight is 569 g/mol. The zero-order chi connectivity index (χ0) is 29.6. The molecule has 4 aromatic rings. The maximum Gasteiger partial charge on any atom is 0.307 e. The number of hydrogen-bond donors (Lipinski definition) is 3. The standard InChI is InChI=1S/C19H16ClNO4.C11H17NO3/c1-11-15(10-18(22)23)16-9-14(25-2)7-8-17(16)21(11)19(24)12-3-5-13(20)6-4-12;1-7(12)11(13)9-6-8(14-2)4-5-10(9)15-3/h3-9H,10H2,1-2H3,(H,22,23);4-7,11,13H,12H2,1-3H3. The highest BCUT2D eigenvalue weighted by molar-refractivity contribution is 6.30. The van der Waals surface area contributed by atoms with Gasteiger partial charge in [-0.2, -0.15) is 0 Å². The molecule has 0 aliphatic heterocycles. The first-order chi connectivity index (χ1) is 19.0. The number of carboxylic acid groups (broad SMARTS) is 1. The second-order valence-electron chi connectivity index (χ2n) is 9.08. The Balaban J connectivity index is 0.000000252. The summed E-state index contributed by atoms with van der Waals surface area (Å²) in [7, 11) is 4.67. The lowest BCUT2D eigenvalue weighted by molar-refractivity contribution is -0.136. The van der Waals surface area contributed by atoms with E-state index in [1.165, 1.54) is 4.57 Å². The number of nitrogens with zero attached hydrogens (tertiary/aromatic N) is 1. The summed E-state index contributed by atoms with van der Waals surface area (Å²) in [6.07, 6.45) is -0.925. The third kappa shape index (κ3) is 6.74. The minimum Gasteiger partial charge on any atom is -0.497 e. The third-order valence-electron chi connectivity index (χ3n) is 6.42. The van der Waals surface area contributed by atoms with Crippen LogP contribution in [0.3, 0.4) is 0 Å². The van der Waals surface area contributed by atoms with Crippen molar-refractivity contribution in [2.24, 2.45) is 5.73 Å². The lowest BCUT2D eigenvalue weighted by Gasteiger charge is -2.18. The Morgan fingerprint density at radius 1 is 0.950 bits per heavy atom. The first-order valence-electron chi connectivity index (χ1n) is 12.4. The average Bonchev–Trinajstić information content (AvgIpc) is 3.22. The molecule has 0 saturated heterocycles. The molecule has 3 aromatic carbocycles. The SMILES string of the molecule is COc1ccc(OC)c(C(O)C(C)N)c1.COc1ccc2c(c1)c(CC(=O)O)c(C)n2C(=O)c1ccc(Cl)cc1. The smallest absolute Gasteiger partial charge is 0.307 e. The fraction of sp³-hybridized carbons (Fsp3) is 0.267. The first kappa shape index (κ1) is 30.5. The molecule has 0 amide bonds. The highest BCUT2D eigenvalue weighted by Crippen LogP contribution is 2.32. The quantitative estimate of drug-likeness (QED) is 0.270. The Labute approximate surface area is 237 Å². The molecule has 40 heavy (non-hydrogen) atoms. The summed E-state index contributed by atoms with van der Waals surface area (Å²) in [5, 5.41) is 20.3. The van der Waals surface area contributed by atoms with Gasteiger partial charge in [-0.15, -0.1) is 0 Å². The molecule has 0 radical (unpaired) electrons. The minimum absolute atomic E-state index is 0.170. The normalized spacial score (nSPS) is 12.2. The van der Waals surface area contributed by atoms with Crippen molar-refractivity contribution in [3.63, 3.8) is 0 Å². The van der Waals surface area contributed by atoms with Crippen LogP contribution in [0.1, 0.15) is 40.2 Å². The number of carbonyl (C=O) groups excluding carboxylic acids is 1. The van der Waals surface area contributed by atoms with Crippen molar-refractivity contribution in [1.29, 1.82) is 0 Å². The Morgan fingerprint density at radius 3 is 2.10 bits per heavy atom. The van der Waals surface area contributed by atoms with E-state index >= 15 is 0 Å². The number of benzene rings is 3. The topological polar surface area (TPSA) is 133 Å². The van der Waals surface area contributed by atoms with Crippen LogP contribution in [-0.4, -0.2) is 54.0 Å². The Hall–Kier alpha value is -4.05. The van der Waals surface area contributed by atoms with Crippen LogP contribution < -0.4 is 19.9 Å². The van der Waals surface area contributed by atoms with E-state index in [1.54, 1.807) is 95.8 Å². The van der Waals surface area contributed by atoms with Crippen molar-refractivity contribution < 1.29 is 34.0 Å². The van der Waals surface area contributed by atoms with Crippen LogP contribution in [0.15, 0.2) is 60.7 Å². The Morgan fingerprint density at radius 2 is 1.55 bits per heavy atom. The van der Waals surface area contributed by atoms with E-state index in [2.05, 4.69) is 0 Å². The number of aliphatic hydroxyl groups is 1. The number of aliphatic carboxylic acids is 1. The molecule has 0 spiro atoms. The molecule has 4 rings (SSSR count). The molecule has 9 nitrogen and oxygen atoms in total. The summed E-state index contributed by atoms with van der Waals surface area (Å²) in [6, 6.07) is 16.8. The van der Waals surface area contributed by atoms with E-state index in [1.807, 2.05) is 0 Å². The zero-order valence-corrected chi connectivity index (χ0v) is 23.7. The summed E-state index contributed by atoms with van der Waals surface area (Å²) in [5.74, 6) is 0.700. The van der Waals surface area contributed by atoms with E-state index in [0.29, 0.717) is 55.6 Å². The van der Waals surface area contributed by atoms with Crippen LogP contribution in [0.4, 0.5) is 0 Å². The summed E-state index contributed by atoms with van der Waals surface area (Å²) in [4.78, 5) is 24.3. The fourth-order valence-electron chi connectivity index (χ4n) is 4.30. The van der Waals surface area contributed by atoms with E-state index < -0.39 is 12.1 Å². The molecule has 2 unspecified atom stereocenters. The minimum atomic E-state index is -0.955. The molecule has 0 fully saturated rings. The summed E-state index contributed by atoms with van der Waals surface area (Å²) < 4.78 is 17.0. The van der Waals surface area contributed by atoms with Gasteiger partial charge in [-0.05, 0) is 80.1 Å². The van der Waals surface area contributed by atoms with Crippen molar-refractivity contribution in [3.05, 3.63) is 88.1 Å². The van der Waals surface area contributed by atoms with Gasteiger partial charge in [0.25, 0.3) is 5.91 Å². The molecule has 0 saturated carbocycles. The van der Waals surface area contributed by atoms with Gasteiger partial charge in [0.2, 0.25) is 0 Å². The zero-order valence-electron chi connectivity index (χ0n) is 23.0. The van der Waals surface area contributed by atoms with E-state index in [9.17, 15) is 19.8 Å². The summed E-state index contributed by atoms with van der Waals surface area (Å²) in [6.45, 7) is 3.49. The number of carboxylic acids is 1. The third-order valence-corrected chi connectivity index (χ3v) is 6.67. The molecular formula is C30H33ClN2O7. The number of carbonyl (C=O) groups is 2. The fourth-order valence-corrected chi connectivity index (χ4v) is 4.43. The van der Waals surface area contributed by atoms with Crippen molar-refractivity contribution in [2.45, 2.75) is 32.4 Å². The van der Waals surface area contributed by atoms with Gasteiger partial charge in [0.1, 0.15) is 17.2 Å². The molecule has 1 heterocycles. The monoisotopic (exact) mass is 568 g/mol. The molecular weight excluding hydrogens is 536 g/mol. The predicted molar refractivity (Wildman–Crippen MR) is 154 cm³/mol. The van der Waals surface area contributed by atoms with Gasteiger partial charge in [0.15, 0.2) is 0 Å². The van der Waals surface area contributed by atoms with Gasteiger partial charge in [-0.25, -0.2) is 0 Å². The van der Waals surface area contributed by atoms with Crippen molar-refractivity contribution in [2.75, 3.05) is 21.3 Å². The molecule has 0 bridgehead atoms. The van der Waals surface area contributed by atoms with Gasteiger partial charge in [0, 0.05) is 33.3 Å². The van der Waals surface area contributed by atoms with Gasteiger partial charge in [-0.3, -0.25) is 14.2 Å². The van der Waals surface area contributed by atoms with E-state index in [4.69, 9.17) is 31.5 Å². The molecule has 0 aliphatic rings. The van der Waals surface area contributed by atoms with Crippen LogP contribution in [0, 0.1) is 6.92 Å². The number of aliphatic hydroxyl groups excluding tert-OH is 1. The molecule has 2 atom stereocenters. The largest absolute Gasteiger partial charge is 0.497 e. The summed E-state index contributed by atoms with van der Waals surface area (Å²) in [5.41, 5.74) is 8.61. The van der Waals surface area contributed by atoms with Crippen LogP contribution >= 0.6 is 11.6 Å². The van der Waals surface area contributed by atoms with Crippen LogP contribution in [-0.2, 0) is 11.2 Å². The second-order valence-corrected chi connectivity index (χ2v) is 9.51. The van der Waals surface area contributed by atoms with Gasteiger partial charge in [0.05, 0.1) is 39.4 Å². The maximum absolute atomic E-state index is 13.0. The van der Waals surface area contributed by atoms with Crippen LogP contribution in [0.5, 0.6) is 17.2 Å². The molecule has 212 valence electrons. The Bertz CT molecular complexity index is 1500. The number of aromatic nitrogens is 1. The number of ether oxygens (including phenoxy) is 3. The number of methoxy groups -OCH3 is 3.